The molecule has 0 radical (unpaired) electrons. The Morgan fingerprint density at radius 3 is 2.50 bits per heavy atom. The van der Waals surface area contributed by atoms with Crippen molar-refractivity contribution in [2.24, 2.45) is 0 Å². The molecule has 0 aliphatic rings. The summed E-state index contributed by atoms with van der Waals surface area (Å²) in [5, 5.41) is 2.84. The SMILES string of the molecule is CC(=O)Nc1ccc(C)cc1C(C)C. The Labute approximate surface area is 85.3 Å². The van der Waals surface area contributed by atoms with E-state index in [1.807, 2.05) is 12.1 Å². The minimum atomic E-state index is -0.0178. The Morgan fingerprint density at radius 1 is 1.36 bits per heavy atom. The lowest BCUT2D eigenvalue weighted by Gasteiger charge is -2.13. The highest BCUT2D eigenvalue weighted by atomic mass is 16.1. The van der Waals surface area contributed by atoms with Crippen molar-refractivity contribution < 1.29 is 4.79 Å². The smallest absolute Gasteiger partial charge is 0.221 e. The van der Waals surface area contributed by atoms with Crippen LogP contribution in [-0.4, -0.2) is 5.91 Å². The van der Waals surface area contributed by atoms with Crippen molar-refractivity contribution in [2.45, 2.75) is 33.6 Å². The molecule has 76 valence electrons. The maximum Gasteiger partial charge on any atom is 0.221 e. The zero-order valence-electron chi connectivity index (χ0n) is 9.22. The number of aryl methyl sites for hydroxylation is 1. The summed E-state index contributed by atoms with van der Waals surface area (Å²) in [7, 11) is 0. The van der Waals surface area contributed by atoms with E-state index in [0.717, 1.165) is 5.69 Å². The van der Waals surface area contributed by atoms with Crippen molar-refractivity contribution >= 4 is 11.6 Å². The highest BCUT2D eigenvalue weighted by molar-refractivity contribution is 5.89. The van der Waals surface area contributed by atoms with Crippen LogP contribution in [0.5, 0.6) is 0 Å². The lowest BCUT2D eigenvalue weighted by atomic mass is 9.99. The minimum absolute atomic E-state index is 0.0178. The van der Waals surface area contributed by atoms with E-state index in [2.05, 4.69) is 32.2 Å². The van der Waals surface area contributed by atoms with Crippen LogP contribution in [0, 0.1) is 6.92 Å². The van der Waals surface area contributed by atoms with Crippen LogP contribution in [0.1, 0.15) is 37.8 Å². The molecule has 1 N–H and O–H groups in total. The summed E-state index contributed by atoms with van der Waals surface area (Å²) in [6.45, 7) is 7.84. The lowest BCUT2D eigenvalue weighted by Crippen LogP contribution is -2.08. The van der Waals surface area contributed by atoms with Crippen LogP contribution in [0.3, 0.4) is 0 Å². The van der Waals surface area contributed by atoms with Crippen molar-refractivity contribution in [3.63, 3.8) is 0 Å². The standard InChI is InChI=1S/C12H17NO/c1-8(2)11-7-9(3)5-6-12(11)13-10(4)14/h5-8H,1-4H3,(H,13,14). The highest BCUT2D eigenvalue weighted by Crippen LogP contribution is 2.25. The van der Waals surface area contributed by atoms with Gasteiger partial charge in [-0.05, 0) is 24.5 Å². The molecule has 1 rings (SSSR count). The van der Waals surface area contributed by atoms with Gasteiger partial charge in [0.15, 0.2) is 0 Å². The molecule has 0 atom stereocenters. The summed E-state index contributed by atoms with van der Waals surface area (Å²) >= 11 is 0. The molecule has 0 bridgehead atoms. The van der Waals surface area contributed by atoms with Crippen LogP contribution >= 0.6 is 0 Å². The van der Waals surface area contributed by atoms with Gasteiger partial charge < -0.3 is 5.32 Å². The van der Waals surface area contributed by atoms with Gasteiger partial charge in [0.2, 0.25) is 5.91 Å². The third-order valence-electron chi connectivity index (χ3n) is 2.14. The van der Waals surface area contributed by atoms with Crippen LogP contribution in [-0.2, 0) is 4.79 Å². The van der Waals surface area contributed by atoms with E-state index in [4.69, 9.17) is 0 Å². The summed E-state index contributed by atoms with van der Waals surface area (Å²) in [5.74, 6) is 0.410. The summed E-state index contributed by atoms with van der Waals surface area (Å²) in [5.41, 5.74) is 3.35. The number of benzene rings is 1. The molecule has 0 fully saturated rings. The number of carbonyl (C=O) groups is 1. The van der Waals surface area contributed by atoms with Crippen LogP contribution < -0.4 is 5.32 Å². The van der Waals surface area contributed by atoms with Crippen LogP contribution in [0.15, 0.2) is 18.2 Å². The fraction of sp³-hybridized carbons (Fsp3) is 0.417. The Balaban J connectivity index is 3.08. The first kappa shape index (κ1) is 10.8. The summed E-state index contributed by atoms with van der Waals surface area (Å²) in [4.78, 5) is 11.0. The number of anilines is 1. The van der Waals surface area contributed by atoms with Gasteiger partial charge in [0.25, 0.3) is 0 Å². The van der Waals surface area contributed by atoms with Gasteiger partial charge >= 0.3 is 0 Å². The van der Waals surface area contributed by atoms with Gasteiger partial charge in [-0.1, -0.05) is 31.5 Å². The zero-order valence-corrected chi connectivity index (χ0v) is 9.22. The summed E-state index contributed by atoms with van der Waals surface area (Å²) in [6.07, 6.45) is 0. The van der Waals surface area contributed by atoms with E-state index >= 15 is 0 Å². The second kappa shape index (κ2) is 4.27. The van der Waals surface area contributed by atoms with Crippen LogP contribution in [0.25, 0.3) is 0 Å². The number of hydrogen-bond donors (Lipinski definition) is 1. The first-order chi connectivity index (χ1) is 6.50. The molecule has 1 aromatic carbocycles. The Bertz CT molecular complexity index is 342. The average molecular weight is 191 g/mol. The average Bonchev–Trinajstić information content (AvgIpc) is 2.07. The van der Waals surface area contributed by atoms with Crippen LogP contribution in [0.4, 0.5) is 5.69 Å². The van der Waals surface area contributed by atoms with Crippen LogP contribution in [0.2, 0.25) is 0 Å². The van der Waals surface area contributed by atoms with Gasteiger partial charge in [-0.15, -0.1) is 0 Å². The molecule has 0 saturated carbocycles. The molecule has 0 heterocycles. The molecular weight excluding hydrogens is 174 g/mol. The third-order valence-corrected chi connectivity index (χ3v) is 2.14. The van der Waals surface area contributed by atoms with E-state index in [1.54, 1.807) is 0 Å². The van der Waals surface area contributed by atoms with Gasteiger partial charge in [0, 0.05) is 12.6 Å². The molecule has 1 aromatic rings. The van der Waals surface area contributed by atoms with Crippen molar-refractivity contribution in [1.29, 1.82) is 0 Å². The van der Waals surface area contributed by atoms with E-state index in [1.165, 1.54) is 18.1 Å². The van der Waals surface area contributed by atoms with Gasteiger partial charge in [-0.2, -0.15) is 0 Å². The second-order valence-corrected chi connectivity index (χ2v) is 3.93. The van der Waals surface area contributed by atoms with E-state index in [0.29, 0.717) is 5.92 Å². The fourth-order valence-electron chi connectivity index (χ4n) is 1.46. The van der Waals surface area contributed by atoms with E-state index in [9.17, 15) is 4.79 Å². The number of rotatable bonds is 2. The summed E-state index contributed by atoms with van der Waals surface area (Å²) in [6, 6.07) is 6.10. The molecule has 2 heteroatoms. The minimum Gasteiger partial charge on any atom is -0.326 e. The third kappa shape index (κ3) is 2.59. The highest BCUT2D eigenvalue weighted by Gasteiger charge is 2.07. The van der Waals surface area contributed by atoms with Gasteiger partial charge in [0.1, 0.15) is 0 Å². The number of nitrogens with one attached hydrogen (secondary N) is 1. The predicted molar refractivity (Wildman–Crippen MR) is 59.6 cm³/mol. The monoisotopic (exact) mass is 191 g/mol. The molecule has 2 nitrogen and oxygen atoms in total. The molecule has 0 spiro atoms. The number of carbonyl (C=O) groups excluding carboxylic acids is 1. The largest absolute Gasteiger partial charge is 0.326 e. The van der Waals surface area contributed by atoms with Crippen molar-refractivity contribution in [1.82, 2.24) is 0 Å². The fourth-order valence-corrected chi connectivity index (χ4v) is 1.46. The Morgan fingerprint density at radius 2 is 2.00 bits per heavy atom. The number of amides is 1. The molecule has 0 unspecified atom stereocenters. The van der Waals surface area contributed by atoms with E-state index in [-0.39, 0.29) is 5.91 Å². The number of hydrogen-bond acceptors (Lipinski definition) is 1. The Hall–Kier alpha value is -1.31. The topological polar surface area (TPSA) is 29.1 Å². The quantitative estimate of drug-likeness (QED) is 0.764. The van der Waals surface area contributed by atoms with Gasteiger partial charge in [0.05, 0.1) is 0 Å². The maximum absolute atomic E-state index is 11.0. The first-order valence-corrected chi connectivity index (χ1v) is 4.89. The van der Waals surface area contributed by atoms with Crippen molar-refractivity contribution in [2.75, 3.05) is 5.32 Å². The molecule has 0 aliphatic carbocycles. The molecule has 14 heavy (non-hydrogen) atoms. The molecule has 0 saturated heterocycles. The first-order valence-electron chi connectivity index (χ1n) is 4.89. The zero-order chi connectivity index (χ0) is 10.7. The predicted octanol–water partition coefficient (Wildman–Crippen LogP) is 3.08. The molecule has 0 aromatic heterocycles. The molecule has 1 amide bonds. The second-order valence-electron chi connectivity index (χ2n) is 3.93. The van der Waals surface area contributed by atoms with E-state index < -0.39 is 0 Å². The van der Waals surface area contributed by atoms with Crippen molar-refractivity contribution in [3.8, 4) is 0 Å². The van der Waals surface area contributed by atoms with Crippen molar-refractivity contribution in [3.05, 3.63) is 29.3 Å². The van der Waals surface area contributed by atoms with Gasteiger partial charge in [-0.3, -0.25) is 4.79 Å². The van der Waals surface area contributed by atoms with Gasteiger partial charge in [-0.25, -0.2) is 0 Å². The summed E-state index contributed by atoms with van der Waals surface area (Å²) < 4.78 is 0. The maximum atomic E-state index is 11.0. The lowest BCUT2D eigenvalue weighted by molar-refractivity contribution is -0.114. The molecule has 0 aliphatic heterocycles. The Kier molecular flexibility index (Phi) is 3.28. The molecular formula is C12H17NO. The normalized spacial score (nSPS) is 10.4.